The predicted molar refractivity (Wildman–Crippen MR) is 116 cm³/mol. The van der Waals surface area contributed by atoms with E-state index >= 15 is 0 Å². The molecule has 1 aliphatic heterocycles. The number of carbonyl (C=O) groups is 1. The van der Waals surface area contributed by atoms with Crippen molar-refractivity contribution in [1.82, 2.24) is 15.0 Å². The molecule has 30 heavy (non-hydrogen) atoms. The molecule has 1 aliphatic rings. The third kappa shape index (κ3) is 4.14. The van der Waals surface area contributed by atoms with Crippen LogP contribution in [0.25, 0.3) is 11.1 Å². The maximum atomic E-state index is 13.9. The number of halogens is 2. The number of anilines is 2. The van der Waals surface area contributed by atoms with Gasteiger partial charge in [0.2, 0.25) is 0 Å². The fraction of sp³-hybridized carbons (Fsp3) is 0.238. The first kappa shape index (κ1) is 20.3. The zero-order chi connectivity index (χ0) is 21.3. The highest BCUT2D eigenvalue weighted by molar-refractivity contribution is 7.28. The van der Waals surface area contributed by atoms with E-state index in [0.717, 1.165) is 10.9 Å². The molecule has 154 valence electrons. The average molecular weight is 427 g/mol. The van der Waals surface area contributed by atoms with Gasteiger partial charge in [0, 0.05) is 37.1 Å². The van der Waals surface area contributed by atoms with E-state index in [4.69, 9.17) is 0 Å². The second-order valence-corrected chi connectivity index (χ2v) is 7.77. The summed E-state index contributed by atoms with van der Waals surface area (Å²) in [5.41, 5.74) is 2.21. The number of nitrogens with zero attached hydrogens (tertiary/aromatic N) is 4. The van der Waals surface area contributed by atoms with Gasteiger partial charge in [0.05, 0.1) is 17.8 Å². The summed E-state index contributed by atoms with van der Waals surface area (Å²) < 4.78 is 27.8. The molecule has 0 saturated carbocycles. The van der Waals surface area contributed by atoms with E-state index in [0.29, 0.717) is 22.9 Å². The zero-order valence-electron chi connectivity index (χ0n) is 16.3. The van der Waals surface area contributed by atoms with Crippen molar-refractivity contribution in [2.45, 2.75) is 19.3 Å². The van der Waals surface area contributed by atoms with Crippen molar-refractivity contribution in [3.63, 3.8) is 0 Å². The number of carbonyl (C=O) groups excluding carboxylic acids is 1. The molecular weight excluding hydrogens is 407 g/mol. The minimum absolute atomic E-state index is 0.155. The van der Waals surface area contributed by atoms with Gasteiger partial charge in [0.1, 0.15) is 5.82 Å². The largest absolute Gasteiger partial charge is 0.349 e. The summed E-state index contributed by atoms with van der Waals surface area (Å²) in [6, 6.07) is 9.37. The lowest BCUT2D eigenvalue weighted by Gasteiger charge is -2.23. The summed E-state index contributed by atoms with van der Waals surface area (Å²) in [4.78, 5) is 26.9. The number of alkyl halides is 2. The van der Waals surface area contributed by atoms with Crippen LogP contribution in [-0.2, 0) is 0 Å². The highest BCUT2D eigenvalue weighted by Gasteiger charge is 2.40. The first-order valence-corrected chi connectivity index (χ1v) is 9.98. The van der Waals surface area contributed by atoms with Gasteiger partial charge in [-0.2, -0.15) is 0 Å². The predicted octanol–water partition coefficient (Wildman–Crippen LogP) is 3.45. The van der Waals surface area contributed by atoms with Crippen LogP contribution in [0, 0.1) is 6.92 Å². The topological polar surface area (TPSA) is 71.0 Å². The van der Waals surface area contributed by atoms with Crippen molar-refractivity contribution in [3.05, 3.63) is 60.3 Å². The summed E-state index contributed by atoms with van der Waals surface area (Å²) in [7, 11) is 2.65. The second kappa shape index (κ2) is 8.03. The summed E-state index contributed by atoms with van der Waals surface area (Å²) in [5.74, 6) is -2.36. The number of hydrogen-bond acceptors (Lipinski definition) is 5. The molecular formula is C21H20F2N5OP. The molecule has 2 aromatic heterocycles. The van der Waals surface area contributed by atoms with E-state index in [1.807, 2.05) is 24.3 Å². The van der Waals surface area contributed by atoms with Crippen LogP contribution in [0.1, 0.15) is 22.6 Å². The van der Waals surface area contributed by atoms with Crippen LogP contribution < -0.4 is 15.5 Å². The van der Waals surface area contributed by atoms with Gasteiger partial charge in [-0.1, -0.05) is 24.3 Å². The van der Waals surface area contributed by atoms with Gasteiger partial charge in [0.25, 0.3) is 11.8 Å². The van der Waals surface area contributed by atoms with Crippen molar-refractivity contribution < 1.29 is 13.6 Å². The maximum absolute atomic E-state index is 13.9. The molecule has 1 atom stereocenters. The number of aryl methyl sites for hydroxylation is 1. The number of aromatic nitrogens is 3. The molecule has 0 spiro atoms. The van der Waals surface area contributed by atoms with Crippen molar-refractivity contribution in [1.29, 1.82) is 0 Å². The molecule has 0 radical (unpaired) electrons. The number of hydrogen-bond donors (Lipinski definition) is 1. The summed E-state index contributed by atoms with van der Waals surface area (Å²) in [6.45, 7) is 1.44. The summed E-state index contributed by atoms with van der Waals surface area (Å²) >= 11 is 0. The molecule has 3 aromatic rings. The van der Waals surface area contributed by atoms with Crippen LogP contribution >= 0.6 is 9.24 Å². The van der Waals surface area contributed by atoms with Crippen LogP contribution in [0.3, 0.4) is 0 Å². The van der Waals surface area contributed by atoms with Crippen molar-refractivity contribution >= 4 is 32.0 Å². The van der Waals surface area contributed by atoms with Gasteiger partial charge < -0.3 is 10.2 Å². The molecule has 0 aliphatic carbocycles. The fourth-order valence-electron chi connectivity index (χ4n) is 3.39. The van der Waals surface area contributed by atoms with Crippen LogP contribution in [0.5, 0.6) is 0 Å². The average Bonchev–Trinajstić information content (AvgIpc) is 3.09. The summed E-state index contributed by atoms with van der Waals surface area (Å²) in [5, 5.41) is 3.78. The SMILES string of the molecule is Cc1ncc(C(=O)Nc2c(-c3ccccc3P)ccnc2N2CCC(F)(F)C2)cn1. The van der Waals surface area contributed by atoms with Crippen molar-refractivity contribution in [2.24, 2.45) is 0 Å². The van der Waals surface area contributed by atoms with Crippen molar-refractivity contribution in [2.75, 3.05) is 23.3 Å². The molecule has 0 bridgehead atoms. The Kier molecular flexibility index (Phi) is 5.43. The van der Waals surface area contributed by atoms with Gasteiger partial charge >= 0.3 is 0 Å². The Labute approximate surface area is 175 Å². The van der Waals surface area contributed by atoms with Crippen LogP contribution in [0.2, 0.25) is 0 Å². The lowest BCUT2D eigenvalue weighted by molar-refractivity contribution is 0.0257. The number of nitrogens with one attached hydrogen (secondary N) is 1. The Balaban J connectivity index is 1.79. The standard InChI is InChI=1S/C21H20F2N5OP/c1-13-25-10-14(11-26-13)20(29)27-18-16(15-4-2-3-5-17(15)30)6-8-24-19(18)28-9-7-21(22,23)12-28/h2-6,8,10-11H,7,9,12,30H2,1H3,(H,27,29). The Morgan fingerprint density at radius 1 is 1.13 bits per heavy atom. The Morgan fingerprint density at radius 2 is 1.87 bits per heavy atom. The molecule has 1 saturated heterocycles. The molecule has 3 heterocycles. The van der Waals surface area contributed by atoms with Gasteiger partial charge in [-0.05, 0) is 23.9 Å². The molecule has 1 aromatic carbocycles. The normalized spacial score (nSPS) is 15.3. The minimum atomic E-state index is -2.79. The number of benzene rings is 1. The number of pyridine rings is 1. The summed E-state index contributed by atoms with van der Waals surface area (Å²) in [6.07, 6.45) is 4.18. The van der Waals surface area contributed by atoms with Gasteiger partial charge in [-0.15, -0.1) is 9.24 Å². The maximum Gasteiger partial charge on any atom is 0.266 e. The van der Waals surface area contributed by atoms with Crippen LogP contribution in [0.15, 0.2) is 48.9 Å². The highest BCUT2D eigenvalue weighted by Crippen LogP contribution is 2.38. The van der Waals surface area contributed by atoms with Crippen molar-refractivity contribution in [3.8, 4) is 11.1 Å². The van der Waals surface area contributed by atoms with E-state index in [-0.39, 0.29) is 18.5 Å². The first-order valence-electron chi connectivity index (χ1n) is 9.41. The highest BCUT2D eigenvalue weighted by atomic mass is 31.0. The molecule has 9 heteroatoms. The molecule has 1 unspecified atom stereocenters. The Morgan fingerprint density at radius 3 is 2.53 bits per heavy atom. The Bertz CT molecular complexity index is 1090. The molecule has 1 N–H and O–H groups in total. The monoisotopic (exact) mass is 427 g/mol. The molecule has 1 fully saturated rings. The lowest BCUT2D eigenvalue weighted by Crippen LogP contribution is -2.27. The number of rotatable bonds is 4. The fourth-order valence-corrected chi connectivity index (χ4v) is 3.76. The third-order valence-corrected chi connectivity index (χ3v) is 5.44. The van der Waals surface area contributed by atoms with E-state index in [9.17, 15) is 13.6 Å². The van der Waals surface area contributed by atoms with Gasteiger partial charge in [-0.25, -0.2) is 23.7 Å². The van der Waals surface area contributed by atoms with E-state index < -0.39 is 18.4 Å². The molecule has 6 nitrogen and oxygen atoms in total. The van der Waals surface area contributed by atoms with E-state index in [2.05, 4.69) is 29.5 Å². The smallest absolute Gasteiger partial charge is 0.266 e. The van der Waals surface area contributed by atoms with Gasteiger partial charge in [0.15, 0.2) is 5.82 Å². The number of amides is 1. The second-order valence-electron chi connectivity index (χ2n) is 7.14. The van der Waals surface area contributed by atoms with Crippen LogP contribution in [0.4, 0.5) is 20.3 Å². The quantitative estimate of drug-likeness (QED) is 0.646. The Hall–Kier alpha value is -2.99. The first-order chi connectivity index (χ1) is 14.3. The minimum Gasteiger partial charge on any atom is -0.349 e. The molecule has 1 amide bonds. The van der Waals surface area contributed by atoms with E-state index in [1.165, 1.54) is 17.3 Å². The third-order valence-electron chi connectivity index (χ3n) is 4.93. The van der Waals surface area contributed by atoms with E-state index in [1.54, 1.807) is 19.2 Å². The van der Waals surface area contributed by atoms with Crippen LogP contribution in [-0.4, -0.2) is 39.9 Å². The zero-order valence-corrected chi connectivity index (χ0v) is 17.4. The molecule has 4 rings (SSSR count). The lowest BCUT2D eigenvalue weighted by atomic mass is 10.0. The van der Waals surface area contributed by atoms with Gasteiger partial charge in [-0.3, -0.25) is 4.79 Å².